The molecule has 64 heavy (non-hydrogen) atoms. The second-order valence-corrected chi connectivity index (χ2v) is 20.2. The van der Waals surface area contributed by atoms with Crippen LogP contribution >= 0.6 is 0 Å². The van der Waals surface area contributed by atoms with Crippen molar-refractivity contribution in [2.24, 2.45) is 0 Å². The van der Waals surface area contributed by atoms with Gasteiger partial charge in [0.2, 0.25) is 0 Å². The molecule has 11 rings (SSSR count). The summed E-state index contributed by atoms with van der Waals surface area (Å²) in [5, 5.41) is 4.86. The summed E-state index contributed by atoms with van der Waals surface area (Å²) in [6.45, 7) is 19.4. The average molecular weight is 829 g/mol. The molecule has 0 saturated heterocycles. The molecule has 0 aliphatic heterocycles. The standard InChI is InChI=1S/C62H56N2/c1-59(2)49-31-19-17-29-47(49)57-51(61(59,5)6)33-21-35-53(57)63(43-24-11-9-12-25-43)45-39-42-38-37-41-23-15-16-28-46(41)56(42)55(40-45)64(44-26-13-10-14-27-44)54-36-22-34-52-58(54)48-30-18-20-32-50(48)60(3,4)62(52,7)8/h9-40H,1-8H3. The number of anilines is 6. The fourth-order valence-electron chi connectivity index (χ4n) is 11.3. The predicted octanol–water partition coefficient (Wildman–Crippen LogP) is 17.4. The number of hydrogen-bond donors (Lipinski definition) is 0. The second-order valence-electron chi connectivity index (χ2n) is 20.2. The molecule has 0 fully saturated rings. The Labute approximate surface area is 379 Å². The maximum Gasteiger partial charge on any atom is 0.0567 e. The molecule has 314 valence electrons. The van der Waals surface area contributed by atoms with E-state index in [2.05, 4.69) is 259 Å². The molecule has 0 bridgehead atoms. The van der Waals surface area contributed by atoms with Crippen molar-refractivity contribution in [3.05, 3.63) is 216 Å². The van der Waals surface area contributed by atoms with Crippen molar-refractivity contribution in [2.75, 3.05) is 9.80 Å². The molecule has 0 heterocycles. The average Bonchev–Trinajstić information content (AvgIpc) is 3.31. The Morgan fingerprint density at radius 3 is 1.28 bits per heavy atom. The Bertz CT molecular complexity index is 3280. The van der Waals surface area contributed by atoms with Crippen LogP contribution in [0.1, 0.15) is 77.6 Å². The van der Waals surface area contributed by atoms with Crippen LogP contribution in [0.15, 0.2) is 194 Å². The summed E-state index contributed by atoms with van der Waals surface area (Å²) in [5.74, 6) is 0. The Balaban J connectivity index is 1.27. The summed E-state index contributed by atoms with van der Waals surface area (Å²) in [6.07, 6.45) is 0. The first-order chi connectivity index (χ1) is 30.8. The van der Waals surface area contributed by atoms with E-state index in [0.29, 0.717) is 0 Å². The maximum absolute atomic E-state index is 2.56. The Morgan fingerprint density at radius 2 is 0.719 bits per heavy atom. The SMILES string of the molecule is CC1(C)c2ccccc2-c2c(N(c3ccccc3)c3cc(N(c4ccccc4)c4cccc5c4-c4ccccc4C(C)(C)C5(C)C)c4c(ccc5ccccc54)c3)cccc2C1(C)C. The third kappa shape index (κ3) is 5.64. The number of rotatable bonds is 6. The number of para-hydroxylation sites is 2. The number of hydrogen-bond acceptors (Lipinski definition) is 2. The fraction of sp³-hybridized carbons (Fsp3) is 0.194. The first-order valence-corrected chi connectivity index (χ1v) is 22.9. The van der Waals surface area contributed by atoms with E-state index in [1.807, 2.05) is 0 Å². The van der Waals surface area contributed by atoms with Gasteiger partial charge >= 0.3 is 0 Å². The van der Waals surface area contributed by atoms with Crippen LogP contribution in [-0.2, 0) is 21.7 Å². The van der Waals surface area contributed by atoms with Gasteiger partial charge in [0.15, 0.2) is 0 Å². The van der Waals surface area contributed by atoms with Gasteiger partial charge in [-0.25, -0.2) is 0 Å². The highest BCUT2D eigenvalue weighted by Gasteiger charge is 2.48. The molecule has 0 aromatic heterocycles. The van der Waals surface area contributed by atoms with Gasteiger partial charge in [0.25, 0.3) is 0 Å². The molecule has 0 atom stereocenters. The molecule has 0 spiro atoms. The minimum absolute atomic E-state index is 0.0859. The lowest BCUT2D eigenvalue weighted by Gasteiger charge is -2.49. The van der Waals surface area contributed by atoms with Gasteiger partial charge in [0.1, 0.15) is 0 Å². The summed E-state index contributed by atoms with van der Waals surface area (Å²) < 4.78 is 0. The molecule has 2 aliphatic carbocycles. The van der Waals surface area contributed by atoms with Crippen LogP contribution in [0, 0.1) is 0 Å². The van der Waals surface area contributed by atoms with E-state index < -0.39 is 0 Å². The van der Waals surface area contributed by atoms with Crippen molar-refractivity contribution in [1.82, 2.24) is 0 Å². The highest BCUT2D eigenvalue weighted by molar-refractivity contribution is 6.17. The monoisotopic (exact) mass is 828 g/mol. The van der Waals surface area contributed by atoms with Crippen LogP contribution in [0.5, 0.6) is 0 Å². The summed E-state index contributed by atoms with van der Waals surface area (Å²) in [4.78, 5) is 5.08. The summed E-state index contributed by atoms with van der Waals surface area (Å²) >= 11 is 0. The third-order valence-corrected chi connectivity index (χ3v) is 16.1. The van der Waals surface area contributed by atoms with Crippen molar-refractivity contribution in [2.45, 2.75) is 77.0 Å². The molecule has 9 aromatic carbocycles. The van der Waals surface area contributed by atoms with Gasteiger partial charge in [-0.2, -0.15) is 0 Å². The quantitative estimate of drug-likeness (QED) is 0.154. The van der Waals surface area contributed by atoms with Crippen LogP contribution in [0.3, 0.4) is 0 Å². The zero-order valence-corrected chi connectivity index (χ0v) is 38.4. The van der Waals surface area contributed by atoms with E-state index in [1.165, 1.54) is 77.4 Å². The van der Waals surface area contributed by atoms with E-state index in [1.54, 1.807) is 0 Å². The predicted molar refractivity (Wildman–Crippen MR) is 274 cm³/mol. The number of nitrogens with zero attached hydrogens (tertiary/aromatic N) is 2. The Morgan fingerprint density at radius 1 is 0.297 bits per heavy atom. The van der Waals surface area contributed by atoms with Gasteiger partial charge in [0, 0.05) is 33.6 Å². The first-order valence-electron chi connectivity index (χ1n) is 22.9. The second kappa shape index (κ2) is 14.3. The van der Waals surface area contributed by atoms with Crippen molar-refractivity contribution in [3.8, 4) is 22.3 Å². The number of fused-ring (bicyclic) bond motifs is 9. The van der Waals surface area contributed by atoms with Crippen molar-refractivity contribution in [3.63, 3.8) is 0 Å². The molecular formula is C62H56N2. The van der Waals surface area contributed by atoms with Gasteiger partial charge < -0.3 is 9.80 Å². The van der Waals surface area contributed by atoms with Crippen molar-refractivity contribution in [1.29, 1.82) is 0 Å². The summed E-state index contributed by atoms with van der Waals surface area (Å²) in [7, 11) is 0. The Hall–Kier alpha value is -6.90. The molecule has 0 saturated carbocycles. The van der Waals surface area contributed by atoms with E-state index in [9.17, 15) is 0 Å². The molecule has 0 amide bonds. The van der Waals surface area contributed by atoms with E-state index >= 15 is 0 Å². The first kappa shape index (κ1) is 39.9. The molecule has 2 nitrogen and oxygen atoms in total. The zero-order valence-electron chi connectivity index (χ0n) is 38.4. The normalized spacial score (nSPS) is 16.0. The number of benzene rings is 9. The van der Waals surface area contributed by atoms with Crippen LogP contribution in [-0.4, -0.2) is 0 Å². The zero-order chi connectivity index (χ0) is 44.2. The lowest BCUT2D eigenvalue weighted by molar-refractivity contribution is 0.299. The van der Waals surface area contributed by atoms with E-state index in [0.717, 1.165) is 22.7 Å². The van der Waals surface area contributed by atoms with Crippen LogP contribution in [0.25, 0.3) is 43.8 Å². The molecule has 2 heteroatoms. The molecule has 0 radical (unpaired) electrons. The molecule has 0 N–H and O–H groups in total. The fourth-order valence-corrected chi connectivity index (χ4v) is 11.3. The summed E-state index contributed by atoms with van der Waals surface area (Å²) in [6, 6.07) is 72.6. The smallest absolute Gasteiger partial charge is 0.0567 e. The van der Waals surface area contributed by atoms with Gasteiger partial charge in [0.05, 0.1) is 17.1 Å². The third-order valence-electron chi connectivity index (χ3n) is 16.1. The van der Waals surface area contributed by atoms with E-state index in [-0.39, 0.29) is 21.7 Å². The highest BCUT2D eigenvalue weighted by Crippen LogP contribution is 2.60. The lowest BCUT2D eigenvalue weighted by atomic mass is 9.55. The van der Waals surface area contributed by atoms with Gasteiger partial charge in [-0.05, 0) is 120 Å². The largest absolute Gasteiger partial charge is 0.310 e. The van der Waals surface area contributed by atoms with Gasteiger partial charge in [-0.1, -0.05) is 201 Å². The minimum atomic E-state index is -0.152. The maximum atomic E-state index is 2.56. The van der Waals surface area contributed by atoms with E-state index in [4.69, 9.17) is 0 Å². The topological polar surface area (TPSA) is 6.48 Å². The van der Waals surface area contributed by atoms with Crippen LogP contribution in [0.2, 0.25) is 0 Å². The lowest BCUT2D eigenvalue weighted by Crippen LogP contribution is -2.43. The van der Waals surface area contributed by atoms with Crippen LogP contribution < -0.4 is 9.80 Å². The van der Waals surface area contributed by atoms with Gasteiger partial charge in [-0.15, -0.1) is 0 Å². The highest BCUT2D eigenvalue weighted by atomic mass is 15.2. The molecule has 9 aromatic rings. The van der Waals surface area contributed by atoms with Crippen molar-refractivity contribution < 1.29 is 0 Å². The van der Waals surface area contributed by atoms with Crippen LogP contribution in [0.4, 0.5) is 34.1 Å². The molecule has 2 aliphatic rings. The Kier molecular flexibility index (Phi) is 8.92. The minimum Gasteiger partial charge on any atom is -0.310 e. The molecular weight excluding hydrogens is 773 g/mol. The van der Waals surface area contributed by atoms with Crippen molar-refractivity contribution >= 4 is 55.7 Å². The molecule has 0 unspecified atom stereocenters. The summed E-state index contributed by atoms with van der Waals surface area (Å²) in [5.41, 5.74) is 17.0. The van der Waals surface area contributed by atoms with Gasteiger partial charge in [-0.3, -0.25) is 0 Å².